The number of tetrazole rings is 1. The number of carbonyl (C=O) groups is 2. The van der Waals surface area contributed by atoms with Crippen molar-refractivity contribution in [3.63, 3.8) is 0 Å². The highest BCUT2D eigenvalue weighted by molar-refractivity contribution is 5.97. The second-order valence-electron chi connectivity index (χ2n) is 12.6. The molecular weight excluding hydrogens is 610 g/mol. The van der Waals surface area contributed by atoms with Crippen molar-refractivity contribution < 1.29 is 14.3 Å². The molecule has 14 nitrogen and oxygen atoms in total. The Hall–Kier alpha value is -4.95. The molecule has 2 aliphatic rings. The fourth-order valence-corrected chi connectivity index (χ4v) is 6.30. The van der Waals surface area contributed by atoms with Crippen LogP contribution in [0, 0.1) is 11.8 Å². The van der Waals surface area contributed by atoms with Gasteiger partial charge in [-0.2, -0.15) is 10.2 Å². The van der Waals surface area contributed by atoms with Gasteiger partial charge in [-0.15, -0.1) is 10.2 Å². The first kappa shape index (κ1) is 33.0. The first-order valence-electron chi connectivity index (χ1n) is 16.5. The summed E-state index contributed by atoms with van der Waals surface area (Å²) >= 11 is 0. The van der Waals surface area contributed by atoms with Gasteiger partial charge in [0.15, 0.2) is 0 Å². The van der Waals surface area contributed by atoms with E-state index < -0.39 is 6.04 Å². The number of ether oxygens (including phenoxy) is 1. The molecule has 1 unspecified atom stereocenters. The number of carbonyl (C=O) groups excluding carboxylic acids is 2. The van der Waals surface area contributed by atoms with E-state index in [9.17, 15) is 9.59 Å². The van der Waals surface area contributed by atoms with Crippen LogP contribution < -0.4 is 26.0 Å². The molecule has 2 amide bonds. The van der Waals surface area contributed by atoms with Crippen LogP contribution in [0.4, 0.5) is 11.6 Å². The van der Waals surface area contributed by atoms with Crippen LogP contribution in [0.1, 0.15) is 31.2 Å². The smallest absolute Gasteiger partial charge is 0.247 e. The molecule has 1 aliphatic heterocycles. The van der Waals surface area contributed by atoms with Gasteiger partial charge in [0.25, 0.3) is 0 Å². The van der Waals surface area contributed by atoms with E-state index in [1.54, 1.807) is 37.6 Å². The topological polar surface area (TPSA) is 180 Å². The molecule has 6 rings (SSSR count). The van der Waals surface area contributed by atoms with Crippen LogP contribution in [0.3, 0.4) is 0 Å². The Labute approximate surface area is 279 Å². The average molecular weight is 654 g/mol. The molecule has 5 N–H and O–H groups in total. The number of rotatable bonds is 11. The van der Waals surface area contributed by atoms with Crippen molar-refractivity contribution in [2.24, 2.45) is 17.6 Å². The third-order valence-electron chi connectivity index (χ3n) is 9.37. The van der Waals surface area contributed by atoms with Crippen LogP contribution >= 0.6 is 0 Å². The molecule has 14 heteroatoms. The molecular formula is C34H43N11O3. The third kappa shape index (κ3) is 7.94. The number of nitrogens with one attached hydrogen (secondary N) is 3. The highest BCUT2D eigenvalue weighted by Crippen LogP contribution is 2.31. The zero-order chi connectivity index (χ0) is 33.5. The largest absolute Gasteiger partial charge is 0.480 e. The van der Waals surface area contributed by atoms with E-state index in [2.05, 4.69) is 53.1 Å². The Bertz CT molecular complexity index is 1650. The van der Waals surface area contributed by atoms with Crippen molar-refractivity contribution in [2.45, 2.75) is 38.1 Å². The summed E-state index contributed by atoms with van der Waals surface area (Å²) in [5.74, 6) is 1.54. The minimum atomic E-state index is -0.784. The van der Waals surface area contributed by atoms with Crippen molar-refractivity contribution in [2.75, 3.05) is 57.1 Å². The van der Waals surface area contributed by atoms with E-state index in [1.807, 2.05) is 24.3 Å². The maximum Gasteiger partial charge on any atom is 0.247 e. The Morgan fingerprint density at radius 3 is 2.35 bits per heavy atom. The van der Waals surface area contributed by atoms with Crippen molar-refractivity contribution in [1.29, 1.82) is 0 Å². The number of aromatic amines is 1. The number of piperazine rings is 1. The first-order valence-corrected chi connectivity index (χ1v) is 16.5. The summed E-state index contributed by atoms with van der Waals surface area (Å²) < 4.78 is 5.67. The van der Waals surface area contributed by atoms with Gasteiger partial charge in [-0.3, -0.25) is 9.59 Å². The number of benzene rings is 2. The monoisotopic (exact) mass is 653 g/mol. The fraction of sp³-hybridized carbons (Fsp3) is 0.441. The number of anilines is 2. The van der Waals surface area contributed by atoms with Crippen LogP contribution in [0.2, 0.25) is 0 Å². The molecule has 0 spiro atoms. The van der Waals surface area contributed by atoms with Gasteiger partial charge in [0.1, 0.15) is 6.04 Å². The van der Waals surface area contributed by atoms with Crippen LogP contribution in [-0.4, -0.2) is 100 Å². The Balaban J connectivity index is 1.16. The SMILES string of the molecule is COc1nc(N2CCN(C)CC2)ncc1-c1ccc(CC(NC(=O)C2CCC(CN)CC2)C(=O)Nc2ccc(-c3nn[nH]n3)cc2)cc1. The van der Waals surface area contributed by atoms with Gasteiger partial charge >= 0.3 is 0 Å². The second kappa shape index (κ2) is 15.3. The first-order chi connectivity index (χ1) is 23.4. The Morgan fingerprint density at radius 1 is 1.00 bits per heavy atom. The molecule has 0 radical (unpaired) electrons. The third-order valence-corrected chi connectivity index (χ3v) is 9.37. The van der Waals surface area contributed by atoms with Crippen LogP contribution in [0.5, 0.6) is 5.88 Å². The van der Waals surface area contributed by atoms with E-state index in [4.69, 9.17) is 15.5 Å². The average Bonchev–Trinajstić information content (AvgIpc) is 3.67. The Morgan fingerprint density at radius 2 is 1.71 bits per heavy atom. The molecule has 2 fully saturated rings. The van der Waals surface area contributed by atoms with Crippen molar-refractivity contribution in [1.82, 2.24) is 40.8 Å². The normalized spacial score (nSPS) is 19.0. The lowest BCUT2D eigenvalue weighted by Gasteiger charge is -2.32. The molecule has 3 heterocycles. The molecule has 4 aromatic rings. The highest BCUT2D eigenvalue weighted by Gasteiger charge is 2.29. The van der Waals surface area contributed by atoms with E-state index in [1.165, 1.54) is 0 Å². The summed E-state index contributed by atoms with van der Waals surface area (Å²) in [5.41, 5.74) is 9.79. The lowest BCUT2D eigenvalue weighted by atomic mass is 9.81. The number of aromatic nitrogens is 6. The summed E-state index contributed by atoms with van der Waals surface area (Å²) in [6.07, 6.45) is 5.49. The number of H-pyrrole nitrogens is 1. The van der Waals surface area contributed by atoms with Crippen LogP contribution in [0.15, 0.2) is 54.7 Å². The van der Waals surface area contributed by atoms with Gasteiger partial charge in [0.2, 0.25) is 29.5 Å². The molecule has 252 valence electrons. The van der Waals surface area contributed by atoms with E-state index in [0.29, 0.717) is 42.2 Å². The van der Waals surface area contributed by atoms with Gasteiger partial charge in [0, 0.05) is 56.0 Å². The molecule has 2 aromatic carbocycles. The number of hydrogen-bond acceptors (Lipinski definition) is 11. The van der Waals surface area contributed by atoms with Gasteiger partial charge in [-0.25, -0.2) is 4.98 Å². The number of likely N-dealkylation sites (N-methyl/N-ethyl adjacent to an activating group) is 1. The van der Waals surface area contributed by atoms with Gasteiger partial charge in [-0.1, -0.05) is 24.3 Å². The molecule has 0 bridgehead atoms. The molecule has 1 saturated carbocycles. The number of amides is 2. The minimum absolute atomic E-state index is 0.1000. The van der Waals surface area contributed by atoms with Gasteiger partial charge in [0.05, 0.1) is 12.7 Å². The van der Waals surface area contributed by atoms with E-state index in [0.717, 1.165) is 74.1 Å². The number of nitrogens with two attached hydrogens (primary N) is 1. The lowest BCUT2D eigenvalue weighted by Crippen LogP contribution is -2.48. The van der Waals surface area contributed by atoms with E-state index >= 15 is 0 Å². The lowest BCUT2D eigenvalue weighted by molar-refractivity contribution is -0.130. The van der Waals surface area contributed by atoms with Gasteiger partial charge in [-0.05, 0) is 85.8 Å². The second-order valence-corrected chi connectivity index (χ2v) is 12.6. The van der Waals surface area contributed by atoms with Crippen molar-refractivity contribution in [3.8, 4) is 28.4 Å². The molecule has 2 aromatic heterocycles. The fourth-order valence-electron chi connectivity index (χ4n) is 6.30. The summed E-state index contributed by atoms with van der Waals surface area (Å²) in [6, 6.07) is 14.2. The van der Waals surface area contributed by atoms with Crippen LogP contribution in [0.25, 0.3) is 22.5 Å². The number of methoxy groups -OCH3 is 1. The zero-order valence-corrected chi connectivity index (χ0v) is 27.4. The van der Waals surface area contributed by atoms with Crippen LogP contribution in [-0.2, 0) is 16.0 Å². The number of nitrogens with zero attached hydrogens (tertiary/aromatic N) is 7. The predicted molar refractivity (Wildman–Crippen MR) is 182 cm³/mol. The maximum absolute atomic E-state index is 13.7. The summed E-state index contributed by atoms with van der Waals surface area (Å²) in [4.78, 5) is 40.9. The standard InChI is InChI=1S/C34H43N11O3/c1-44-15-17-45(18-16-44)34-36-21-28(33(39-34)48-2)24-7-3-22(4-8-24)19-29(38-31(46)26-9-5-23(20-35)6-10-26)32(47)37-27-13-11-25(12-14-27)30-40-42-43-41-30/h3-4,7-8,11-14,21,23,26,29H,5-6,9-10,15-20,35H2,1-2H3,(H,37,47)(H,38,46)(H,40,41,42,43). The number of hydrogen-bond donors (Lipinski definition) is 4. The maximum atomic E-state index is 13.7. The summed E-state index contributed by atoms with van der Waals surface area (Å²) in [5, 5.41) is 20.1. The molecule has 1 saturated heterocycles. The summed E-state index contributed by atoms with van der Waals surface area (Å²) in [6.45, 7) is 4.27. The zero-order valence-electron chi connectivity index (χ0n) is 27.4. The van der Waals surface area contributed by atoms with Crippen molar-refractivity contribution in [3.05, 3.63) is 60.3 Å². The van der Waals surface area contributed by atoms with Crippen molar-refractivity contribution >= 4 is 23.5 Å². The van der Waals surface area contributed by atoms with Gasteiger partial charge < -0.3 is 30.9 Å². The molecule has 48 heavy (non-hydrogen) atoms. The Kier molecular flexibility index (Phi) is 10.5. The highest BCUT2D eigenvalue weighted by atomic mass is 16.5. The summed E-state index contributed by atoms with van der Waals surface area (Å²) in [7, 11) is 3.72. The predicted octanol–water partition coefficient (Wildman–Crippen LogP) is 2.52. The molecule has 1 aliphatic carbocycles. The quantitative estimate of drug-likeness (QED) is 0.187. The minimum Gasteiger partial charge on any atom is -0.480 e. The van der Waals surface area contributed by atoms with E-state index in [-0.39, 0.29) is 17.7 Å². The molecule has 1 atom stereocenters.